The second-order valence-electron chi connectivity index (χ2n) is 7.06. The molecule has 5 nitrogen and oxygen atoms in total. The molecule has 1 aromatic heterocycles. The van der Waals surface area contributed by atoms with E-state index in [4.69, 9.17) is 5.26 Å². The lowest BCUT2D eigenvalue weighted by atomic mass is 9.97. The van der Waals surface area contributed by atoms with Gasteiger partial charge in [0.2, 0.25) is 5.91 Å². The molecule has 0 saturated heterocycles. The van der Waals surface area contributed by atoms with Crippen molar-refractivity contribution >= 4 is 5.91 Å². The first-order chi connectivity index (χ1) is 13.7. The smallest absolute Gasteiger partial charge is 0.342 e. The number of hydrogen-bond acceptors (Lipinski definition) is 4. The number of carbonyl (C=O) groups is 1. The van der Waals surface area contributed by atoms with Crippen LogP contribution in [0.25, 0.3) is 11.1 Å². The third-order valence-corrected chi connectivity index (χ3v) is 4.29. The van der Waals surface area contributed by atoms with E-state index in [1.165, 1.54) is 12.1 Å². The largest absolute Gasteiger partial charge is 0.407 e. The predicted molar refractivity (Wildman–Crippen MR) is 103 cm³/mol. The van der Waals surface area contributed by atoms with Gasteiger partial charge in [-0.3, -0.25) is 15.1 Å². The van der Waals surface area contributed by atoms with Gasteiger partial charge >= 0.3 is 6.18 Å². The Balaban J connectivity index is 2.36. The number of nitrogens with one attached hydrogen (secondary N) is 2. The number of rotatable bonds is 8. The number of amides is 1. The maximum absolute atomic E-state index is 13.9. The number of carbonyl (C=O) groups excluding carboxylic acids is 1. The maximum atomic E-state index is 13.9. The van der Waals surface area contributed by atoms with Crippen LogP contribution >= 0.6 is 0 Å². The Morgan fingerprint density at radius 1 is 1.17 bits per heavy atom. The monoisotopic (exact) mass is 404 g/mol. The first-order valence-electron chi connectivity index (χ1n) is 9.20. The van der Waals surface area contributed by atoms with Gasteiger partial charge in [0.05, 0.1) is 12.1 Å². The third-order valence-electron chi connectivity index (χ3n) is 4.29. The summed E-state index contributed by atoms with van der Waals surface area (Å²) in [4.78, 5) is 16.2. The van der Waals surface area contributed by atoms with E-state index in [9.17, 15) is 18.0 Å². The van der Waals surface area contributed by atoms with Gasteiger partial charge < -0.3 is 5.32 Å². The van der Waals surface area contributed by atoms with Crippen LogP contribution in [0.3, 0.4) is 0 Å². The number of nitrogens with zero attached hydrogens (tertiary/aromatic N) is 2. The highest BCUT2D eigenvalue weighted by atomic mass is 19.4. The fourth-order valence-electron chi connectivity index (χ4n) is 3.00. The molecule has 0 aliphatic heterocycles. The second-order valence-corrected chi connectivity index (χ2v) is 7.06. The van der Waals surface area contributed by atoms with E-state index in [1.54, 1.807) is 42.7 Å². The quantitative estimate of drug-likeness (QED) is 0.652. The van der Waals surface area contributed by atoms with Crippen LogP contribution in [0.4, 0.5) is 13.2 Å². The zero-order chi connectivity index (χ0) is 21.4. The zero-order valence-corrected chi connectivity index (χ0v) is 16.2. The fourth-order valence-corrected chi connectivity index (χ4v) is 3.00. The van der Waals surface area contributed by atoms with Gasteiger partial charge in [0.1, 0.15) is 12.6 Å². The summed E-state index contributed by atoms with van der Waals surface area (Å²) in [7, 11) is 0. The molecule has 0 fully saturated rings. The van der Waals surface area contributed by atoms with Gasteiger partial charge in [-0.05, 0) is 47.2 Å². The van der Waals surface area contributed by atoms with E-state index in [1.807, 2.05) is 13.8 Å². The number of alkyl halides is 3. The Kier molecular flexibility index (Phi) is 7.74. The number of benzene rings is 1. The molecule has 154 valence electrons. The minimum Gasteiger partial charge on any atom is -0.342 e. The molecule has 0 aliphatic rings. The summed E-state index contributed by atoms with van der Waals surface area (Å²) in [5.41, 5.74) is 1.37. The lowest BCUT2D eigenvalue weighted by molar-refractivity contribution is -0.161. The van der Waals surface area contributed by atoms with E-state index in [0.29, 0.717) is 5.56 Å². The molecule has 1 amide bonds. The van der Waals surface area contributed by atoms with Crippen molar-refractivity contribution in [1.82, 2.24) is 15.6 Å². The molecule has 0 spiro atoms. The van der Waals surface area contributed by atoms with Crippen LogP contribution in [0, 0.1) is 17.2 Å². The highest BCUT2D eigenvalue weighted by Crippen LogP contribution is 2.35. The molecule has 0 bridgehead atoms. The minimum absolute atomic E-state index is 0.00801. The highest BCUT2D eigenvalue weighted by Gasteiger charge is 2.43. The Bertz CT molecular complexity index is 847. The second kappa shape index (κ2) is 10.0. The average molecular weight is 404 g/mol. The van der Waals surface area contributed by atoms with Crippen molar-refractivity contribution in [3.63, 3.8) is 0 Å². The fraction of sp³-hybridized carbons (Fsp3) is 0.381. The van der Waals surface area contributed by atoms with Crippen LogP contribution < -0.4 is 10.6 Å². The molecular weight excluding hydrogens is 381 g/mol. The molecule has 2 N–H and O–H groups in total. The van der Waals surface area contributed by atoms with Gasteiger partial charge in [-0.1, -0.05) is 32.0 Å². The first kappa shape index (κ1) is 22.4. The molecule has 0 saturated carbocycles. The van der Waals surface area contributed by atoms with E-state index < -0.39 is 24.2 Å². The lowest BCUT2D eigenvalue weighted by Crippen LogP contribution is -2.49. The molecule has 1 aromatic carbocycles. The number of aromatic nitrogens is 1. The number of nitriles is 1. The van der Waals surface area contributed by atoms with Gasteiger partial charge in [0.15, 0.2) is 0 Å². The van der Waals surface area contributed by atoms with Gasteiger partial charge in [0, 0.05) is 12.4 Å². The van der Waals surface area contributed by atoms with Crippen molar-refractivity contribution in [3.8, 4) is 17.2 Å². The van der Waals surface area contributed by atoms with Gasteiger partial charge in [-0.2, -0.15) is 18.4 Å². The Labute approximate surface area is 168 Å². The van der Waals surface area contributed by atoms with Crippen molar-refractivity contribution in [1.29, 1.82) is 5.26 Å². The molecule has 1 unspecified atom stereocenters. The van der Waals surface area contributed by atoms with Gasteiger partial charge in [-0.15, -0.1) is 0 Å². The summed E-state index contributed by atoms with van der Waals surface area (Å²) in [6.07, 6.45) is -1.27. The van der Waals surface area contributed by atoms with E-state index >= 15 is 0 Å². The van der Waals surface area contributed by atoms with Crippen molar-refractivity contribution in [2.24, 2.45) is 5.92 Å². The summed E-state index contributed by atoms with van der Waals surface area (Å²) in [6, 6.07) is 8.20. The molecule has 2 rings (SSSR count). The molecule has 0 aliphatic carbocycles. The molecule has 1 heterocycles. The SMILES string of the molecule is CC(C)C[C@H](NC(c1cccc(-c2ccncc2)c1)C(F)(F)F)C(=O)NCC#N. The molecule has 2 aromatic rings. The van der Waals surface area contributed by atoms with E-state index in [-0.39, 0.29) is 24.4 Å². The summed E-state index contributed by atoms with van der Waals surface area (Å²) in [6.45, 7) is 3.38. The van der Waals surface area contributed by atoms with Crippen LogP contribution in [0.1, 0.15) is 31.9 Å². The van der Waals surface area contributed by atoms with E-state index in [2.05, 4.69) is 15.6 Å². The van der Waals surface area contributed by atoms with Crippen molar-refractivity contribution in [3.05, 3.63) is 54.4 Å². The standard InChI is InChI=1S/C21H23F3N4O/c1-14(2)12-18(20(29)27-11-8-25)28-19(21(22,23)24)17-5-3-4-16(13-17)15-6-9-26-10-7-15/h3-7,9-10,13-14,18-19,28H,11-12H2,1-2H3,(H,27,29)/t18-,19?/m0/s1. The average Bonchev–Trinajstić information content (AvgIpc) is 2.68. The molecule has 8 heteroatoms. The normalized spacial score (nSPS) is 13.6. The molecule has 2 atom stereocenters. The topological polar surface area (TPSA) is 77.8 Å². The number of halogens is 3. The summed E-state index contributed by atoms with van der Waals surface area (Å²) in [5.74, 6) is -0.642. The number of pyridine rings is 1. The highest BCUT2D eigenvalue weighted by molar-refractivity contribution is 5.82. The lowest BCUT2D eigenvalue weighted by Gasteiger charge is -2.28. The predicted octanol–water partition coefficient (Wildman–Crippen LogP) is 4.00. The van der Waals surface area contributed by atoms with Crippen molar-refractivity contribution < 1.29 is 18.0 Å². The van der Waals surface area contributed by atoms with Crippen LogP contribution in [-0.4, -0.2) is 29.7 Å². The number of hydrogen-bond donors (Lipinski definition) is 2. The van der Waals surface area contributed by atoms with Crippen LogP contribution in [-0.2, 0) is 4.79 Å². The summed E-state index contributed by atoms with van der Waals surface area (Å²) < 4.78 is 41.7. The van der Waals surface area contributed by atoms with Gasteiger partial charge in [-0.25, -0.2) is 0 Å². The Hall–Kier alpha value is -2.92. The Morgan fingerprint density at radius 2 is 1.86 bits per heavy atom. The van der Waals surface area contributed by atoms with E-state index in [0.717, 1.165) is 5.56 Å². The minimum atomic E-state index is -4.61. The zero-order valence-electron chi connectivity index (χ0n) is 16.2. The summed E-state index contributed by atoms with van der Waals surface area (Å²) in [5, 5.41) is 13.5. The molecular formula is C21H23F3N4O. The third kappa shape index (κ3) is 6.57. The first-order valence-corrected chi connectivity index (χ1v) is 9.20. The van der Waals surface area contributed by atoms with Crippen LogP contribution in [0.5, 0.6) is 0 Å². The van der Waals surface area contributed by atoms with Crippen LogP contribution in [0.2, 0.25) is 0 Å². The summed E-state index contributed by atoms with van der Waals surface area (Å²) >= 11 is 0. The molecule has 0 radical (unpaired) electrons. The maximum Gasteiger partial charge on any atom is 0.407 e. The van der Waals surface area contributed by atoms with Crippen molar-refractivity contribution in [2.45, 2.75) is 38.5 Å². The van der Waals surface area contributed by atoms with Crippen molar-refractivity contribution in [2.75, 3.05) is 6.54 Å². The molecule has 29 heavy (non-hydrogen) atoms. The van der Waals surface area contributed by atoms with Crippen LogP contribution in [0.15, 0.2) is 48.8 Å². The van der Waals surface area contributed by atoms with Gasteiger partial charge in [0.25, 0.3) is 0 Å². The Morgan fingerprint density at radius 3 is 2.45 bits per heavy atom.